The lowest BCUT2D eigenvalue weighted by atomic mass is 9.67. The molecule has 0 aliphatic heterocycles. The molecule has 0 saturated heterocycles. The van der Waals surface area contributed by atoms with Crippen molar-refractivity contribution in [3.63, 3.8) is 0 Å². The topological polar surface area (TPSA) is 54.9 Å². The summed E-state index contributed by atoms with van der Waals surface area (Å²) in [6, 6.07) is 4.24. The molecule has 1 aliphatic rings. The number of hydrogen-bond acceptors (Lipinski definition) is 4. The third-order valence-electron chi connectivity index (χ3n) is 4.01. The van der Waals surface area contributed by atoms with Crippen LogP contribution in [0.25, 0.3) is 0 Å². The van der Waals surface area contributed by atoms with Crippen molar-refractivity contribution in [2.45, 2.75) is 31.6 Å². The van der Waals surface area contributed by atoms with Crippen LogP contribution in [0.5, 0.6) is 0 Å². The summed E-state index contributed by atoms with van der Waals surface area (Å²) in [5, 5.41) is 3.02. The summed E-state index contributed by atoms with van der Waals surface area (Å²) in [6.07, 6.45) is 6.61. The van der Waals surface area contributed by atoms with Crippen LogP contribution in [0.3, 0.4) is 0 Å². The maximum atomic E-state index is 12.2. The van der Waals surface area contributed by atoms with Crippen LogP contribution < -0.4 is 5.32 Å². The molecule has 0 atom stereocenters. The number of aromatic nitrogens is 2. The first-order valence-electron chi connectivity index (χ1n) is 6.92. The summed E-state index contributed by atoms with van der Waals surface area (Å²) in [5.74, 6) is -0.149. The Balaban J connectivity index is 1.68. The fourth-order valence-electron chi connectivity index (χ4n) is 2.56. The average molecular weight is 366 g/mol. The fourth-order valence-corrected chi connectivity index (χ4v) is 4.19. The Morgan fingerprint density at radius 3 is 2.71 bits per heavy atom. The number of carbonyl (C=O) groups excluding carboxylic acids is 1. The van der Waals surface area contributed by atoms with Crippen LogP contribution in [-0.4, -0.2) is 22.4 Å². The van der Waals surface area contributed by atoms with Crippen LogP contribution >= 0.6 is 27.3 Å². The number of aryl methyl sites for hydroxylation is 1. The van der Waals surface area contributed by atoms with E-state index in [1.165, 1.54) is 17.5 Å². The maximum Gasteiger partial charge on any atom is 0.271 e. The van der Waals surface area contributed by atoms with E-state index in [9.17, 15) is 4.79 Å². The monoisotopic (exact) mass is 365 g/mol. The van der Waals surface area contributed by atoms with Crippen molar-refractivity contribution in [3.05, 3.63) is 44.6 Å². The summed E-state index contributed by atoms with van der Waals surface area (Å²) in [4.78, 5) is 21.7. The van der Waals surface area contributed by atoms with Gasteiger partial charge in [-0.2, -0.15) is 0 Å². The van der Waals surface area contributed by atoms with Crippen LogP contribution in [0.15, 0.2) is 28.3 Å². The second-order valence-corrected chi connectivity index (χ2v) is 7.93. The van der Waals surface area contributed by atoms with Gasteiger partial charge in [-0.25, -0.2) is 4.98 Å². The molecule has 1 amide bonds. The van der Waals surface area contributed by atoms with Gasteiger partial charge in [-0.3, -0.25) is 9.78 Å². The van der Waals surface area contributed by atoms with Crippen LogP contribution in [0.4, 0.5) is 0 Å². The number of carbonyl (C=O) groups is 1. The lowest BCUT2D eigenvalue weighted by molar-refractivity contribution is 0.0923. The highest BCUT2D eigenvalue weighted by atomic mass is 79.9. The minimum absolute atomic E-state index is 0.102. The molecule has 0 unspecified atom stereocenters. The van der Waals surface area contributed by atoms with Crippen LogP contribution in [0.2, 0.25) is 0 Å². The van der Waals surface area contributed by atoms with E-state index in [4.69, 9.17) is 0 Å². The number of halogens is 1. The second kappa shape index (κ2) is 5.85. The zero-order valence-electron chi connectivity index (χ0n) is 11.7. The van der Waals surface area contributed by atoms with E-state index in [1.807, 2.05) is 6.92 Å². The van der Waals surface area contributed by atoms with E-state index < -0.39 is 0 Å². The van der Waals surface area contributed by atoms with Crippen molar-refractivity contribution in [1.29, 1.82) is 0 Å². The van der Waals surface area contributed by atoms with Crippen molar-refractivity contribution >= 4 is 33.2 Å². The van der Waals surface area contributed by atoms with Gasteiger partial charge in [0.1, 0.15) is 5.69 Å². The van der Waals surface area contributed by atoms with E-state index >= 15 is 0 Å². The Hall–Kier alpha value is -1.27. The van der Waals surface area contributed by atoms with Crippen molar-refractivity contribution in [1.82, 2.24) is 15.3 Å². The van der Waals surface area contributed by atoms with Crippen LogP contribution in [-0.2, 0) is 5.41 Å². The van der Waals surface area contributed by atoms with Gasteiger partial charge >= 0.3 is 0 Å². The molecule has 0 spiro atoms. The van der Waals surface area contributed by atoms with E-state index in [1.54, 1.807) is 17.5 Å². The zero-order valence-corrected chi connectivity index (χ0v) is 14.1. The highest BCUT2D eigenvalue weighted by Gasteiger charge is 2.40. The number of amides is 1. The molecule has 1 aliphatic carbocycles. The van der Waals surface area contributed by atoms with Gasteiger partial charge in [0.25, 0.3) is 5.91 Å². The molecule has 0 bridgehead atoms. The molecule has 6 heteroatoms. The number of nitrogens with zero attached hydrogens (tertiary/aromatic N) is 2. The largest absolute Gasteiger partial charge is 0.350 e. The standard InChI is InChI=1S/C15H16BrN3OS/c1-10-7-18-11(8-17-10)14(20)19-9-15(5-2-6-15)12-3-4-13(16)21-12/h3-4,7-8H,2,5-6,9H2,1H3,(H,19,20). The van der Waals surface area contributed by atoms with Crippen molar-refractivity contribution in [3.8, 4) is 0 Å². The van der Waals surface area contributed by atoms with Gasteiger partial charge in [0.15, 0.2) is 0 Å². The normalized spacial score (nSPS) is 16.3. The van der Waals surface area contributed by atoms with E-state index in [0.29, 0.717) is 12.2 Å². The molecule has 1 fully saturated rings. The molecule has 0 aromatic carbocycles. The van der Waals surface area contributed by atoms with Crippen molar-refractivity contribution in [2.75, 3.05) is 6.54 Å². The molecule has 1 saturated carbocycles. The van der Waals surface area contributed by atoms with Gasteiger partial charge in [0.2, 0.25) is 0 Å². The van der Waals surface area contributed by atoms with Crippen LogP contribution in [0, 0.1) is 6.92 Å². The highest BCUT2D eigenvalue weighted by molar-refractivity contribution is 9.11. The molecular formula is C15H16BrN3OS. The summed E-state index contributed by atoms with van der Waals surface area (Å²) in [6.45, 7) is 2.51. The molecule has 4 nitrogen and oxygen atoms in total. The smallest absolute Gasteiger partial charge is 0.271 e. The molecule has 3 rings (SSSR count). The fraction of sp³-hybridized carbons (Fsp3) is 0.400. The Bertz CT molecular complexity index is 649. The third-order valence-corrected chi connectivity index (χ3v) is 5.88. The summed E-state index contributed by atoms with van der Waals surface area (Å²) in [7, 11) is 0. The molecule has 2 aromatic heterocycles. The Kier molecular flexibility index (Phi) is 4.08. The van der Waals surface area contributed by atoms with Crippen LogP contribution in [0.1, 0.15) is 40.3 Å². The second-order valence-electron chi connectivity index (χ2n) is 5.46. The zero-order chi connectivity index (χ0) is 14.9. The first-order valence-corrected chi connectivity index (χ1v) is 8.53. The summed E-state index contributed by atoms with van der Waals surface area (Å²) < 4.78 is 1.14. The van der Waals surface area contributed by atoms with E-state index in [0.717, 1.165) is 22.3 Å². The quantitative estimate of drug-likeness (QED) is 0.902. The van der Waals surface area contributed by atoms with Gasteiger partial charge in [-0.15, -0.1) is 11.3 Å². The molecule has 1 N–H and O–H groups in total. The maximum absolute atomic E-state index is 12.2. The lowest BCUT2D eigenvalue weighted by Crippen LogP contribution is -2.45. The molecular weight excluding hydrogens is 350 g/mol. The molecule has 110 valence electrons. The van der Waals surface area contributed by atoms with Gasteiger partial charge in [-0.1, -0.05) is 6.42 Å². The number of thiophene rings is 1. The van der Waals surface area contributed by atoms with Crippen molar-refractivity contribution in [2.24, 2.45) is 0 Å². The lowest BCUT2D eigenvalue weighted by Gasteiger charge is -2.41. The Morgan fingerprint density at radius 1 is 1.38 bits per heavy atom. The number of hydrogen-bond donors (Lipinski definition) is 1. The highest BCUT2D eigenvalue weighted by Crippen LogP contribution is 2.46. The minimum Gasteiger partial charge on any atom is -0.350 e. The first-order chi connectivity index (χ1) is 10.1. The average Bonchev–Trinajstić information content (AvgIpc) is 2.85. The predicted molar refractivity (Wildman–Crippen MR) is 86.7 cm³/mol. The van der Waals surface area contributed by atoms with Gasteiger partial charge in [0, 0.05) is 23.0 Å². The number of rotatable bonds is 4. The molecule has 21 heavy (non-hydrogen) atoms. The van der Waals surface area contributed by atoms with E-state index in [-0.39, 0.29) is 11.3 Å². The van der Waals surface area contributed by atoms with Gasteiger partial charge in [0.05, 0.1) is 15.7 Å². The van der Waals surface area contributed by atoms with Gasteiger partial charge in [-0.05, 0) is 47.8 Å². The third kappa shape index (κ3) is 3.01. The molecule has 2 heterocycles. The SMILES string of the molecule is Cc1cnc(C(=O)NCC2(c3ccc(Br)s3)CCC2)cn1. The molecule has 0 radical (unpaired) electrons. The summed E-state index contributed by atoms with van der Waals surface area (Å²) in [5.41, 5.74) is 1.29. The first kappa shape index (κ1) is 14.7. The molecule has 2 aromatic rings. The number of nitrogens with one attached hydrogen (secondary N) is 1. The predicted octanol–water partition coefficient (Wildman–Crippen LogP) is 3.46. The van der Waals surface area contributed by atoms with Gasteiger partial charge < -0.3 is 5.32 Å². The Labute approximate surface area is 136 Å². The van der Waals surface area contributed by atoms with E-state index in [2.05, 4.69) is 43.3 Å². The van der Waals surface area contributed by atoms with Crippen molar-refractivity contribution < 1.29 is 4.79 Å². The Morgan fingerprint density at radius 2 is 2.19 bits per heavy atom. The summed E-state index contributed by atoms with van der Waals surface area (Å²) >= 11 is 5.27. The minimum atomic E-state index is -0.149.